The molecule has 1 saturated heterocycles. The van der Waals surface area contributed by atoms with E-state index in [1.165, 1.54) is 5.56 Å². The van der Waals surface area contributed by atoms with Crippen LogP contribution >= 0.6 is 11.6 Å². The molecule has 0 saturated carbocycles. The molecule has 8 heteroatoms. The molecule has 0 aliphatic carbocycles. The van der Waals surface area contributed by atoms with E-state index in [0.717, 1.165) is 38.4 Å². The van der Waals surface area contributed by atoms with Crippen molar-refractivity contribution in [3.63, 3.8) is 0 Å². The van der Waals surface area contributed by atoms with Gasteiger partial charge in [-0.25, -0.2) is 5.10 Å². The Bertz CT molecular complexity index is 743. The molecular formula is C16H20ClN5O2. The van der Waals surface area contributed by atoms with E-state index in [2.05, 4.69) is 31.0 Å². The molecule has 0 spiro atoms. The van der Waals surface area contributed by atoms with E-state index < -0.39 is 0 Å². The first-order valence-electron chi connectivity index (χ1n) is 7.81. The topological polar surface area (TPSA) is 74.3 Å². The molecule has 1 fully saturated rings. The third-order valence-corrected chi connectivity index (χ3v) is 4.51. The van der Waals surface area contributed by atoms with Crippen LogP contribution in [0.2, 0.25) is 5.02 Å². The summed E-state index contributed by atoms with van der Waals surface area (Å²) in [4.78, 5) is 20.4. The lowest BCUT2D eigenvalue weighted by atomic mass is 10.1. The van der Waals surface area contributed by atoms with Crippen LogP contribution in [0.25, 0.3) is 0 Å². The van der Waals surface area contributed by atoms with Crippen molar-refractivity contribution in [1.29, 1.82) is 0 Å². The molecular weight excluding hydrogens is 330 g/mol. The molecule has 2 aromatic heterocycles. The number of nitrogens with one attached hydrogen (secondary N) is 1. The summed E-state index contributed by atoms with van der Waals surface area (Å²) in [6, 6.07) is 4.04. The van der Waals surface area contributed by atoms with Crippen molar-refractivity contribution in [2.45, 2.75) is 13.2 Å². The number of hydrogen-bond donors (Lipinski definition) is 1. The molecule has 3 rings (SSSR count). The second-order valence-electron chi connectivity index (χ2n) is 5.70. The highest BCUT2D eigenvalue weighted by atomic mass is 35.5. The number of H-pyrrole nitrogens is 1. The molecule has 0 unspecified atom stereocenters. The Morgan fingerprint density at radius 3 is 2.88 bits per heavy atom. The molecule has 1 N–H and O–H groups in total. The number of rotatable bonds is 5. The maximum Gasteiger partial charge on any atom is 0.285 e. The minimum absolute atomic E-state index is 0.202. The molecule has 7 nitrogen and oxygen atoms in total. The molecule has 0 atom stereocenters. The lowest BCUT2D eigenvalue weighted by Crippen LogP contribution is -2.46. The van der Waals surface area contributed by atoms with Crippen molar-refractivity contribution < 1.29 is 4.74 Å². The molecule has 0 bridgehead atoms. The van der Waals surface area contributed by atoms with Gasteiger partial charge in [0.1, 0.15) is 5.02 Å². The van der Waals surface area contributed by atoms with Gasteiger partial charge >= 0.3 is 0 Å². The van der Waals surface area contributed by atoms with Crippen LogP contribution in [0.3, 0.4) is 0 Å². The van der Waals surface area contributed by atoms with Gasteiger partial charge in [-0.15, -0.1) is 0 Å². The first-order chi connectivity index (χ1) is 11.7. The standard InChI is InChI=1S/C16H20ClN5O2/c1-24-11-13-12(3-2-4-18-13)10-21-5-7-22(8-6-21)14-9-19-20-16(23)15(14)17/h2-4,9H,5-8,10-11H2,1H3,(H,20,23). The zero-order chi connectivity index (χ0) is 16.9. The summed E-state index contributed by atoms with van der Waals surface area (Å²) >= 11 is 6.09. The molecule has 1 aliphatic rings. The predicted molar refractivity (Wildman–Crippen MR) is 92.3 cm³/mol. The fraction of sp³-hybridized carbons (Fsp3) is 0.438. The first-order valence-corrected chi connectivity index (χ1v) is 8.19. The number of aromatic nitrogens is 3. The third kappa shape index (κ3) is 3.75. The van der Waals surface area contributed by atoms with Gasteiger partial charge in [-0.2, -0.15) is 5.10 Å². The van der Waals surface area contributed by atoms with E-state index in [-0.39, 0.29) is 10.6 Å². The number of nitrogens with zero attached hydrogens (tertiary/aromatic N) is 4. The Balaban J connectivity index is 1.63. The smallest absolute Gasteiger partial charge is 0.285 e. The molecule has 0 aromatic carbocycles. The minimum atomic E-state index is -0.351. The van der Waals surface area contributed by atoms with Crippen LogP contribution in [0.1, 0.15) is 11.3 Å². The average Bonchev–Trinajstić information content (AvgIpc) is 2.60. The number of methoxy groups -OCH3 is 1. The van der Waals surface area contributed by atoms with Crippen molar-refractivity contribution >= 4 is 17.3 Å². The number of ether oxygens (including phenoxy) is 1. The predicted octanol–water partition coefficient (Wildman–Crippen LogP) is 1.29. The van der Waals surface area contributed by atoms with Crippen LogP contribution in [0, 0.1) is 0 Å². The summed E-state index contributed by atoms with van der Waals surface area (Å²) in [5.74, 6) is 0. The number of anilines is 1. The van der Waals surface area contributed by atoms with Gasteiger partial charge in [0.15, 0.2) is 0 Å². The highest BCUT2D eigenvalue weighted by Crippen LogP contribution is 2.22. The number of aromatic amines is 1. The van der Waals surface area contributed by atoms with Crippen LogP contribution in [0.15, 0.2) is 29.3 Å². The lowest BCUT2D eigenvalue weighted by molar-refractivity contribution is 0.178. The monoisotopic (exact) mass is 349 g/mol. The number of hydrogen-bond acceptors (Lipinski definition) is 6. The molecule has 3 heterocycles. The van der Waals surface area contributed by atoms with E-state index in [4.69, 9.17) is 16.3 Å². The van der Waals surface area contributed by atoms with Crippen LogP contribution in [-0.4, -0.2) is 53.4 Å². The van der Waals surface area contributed by atoms with Gasteiger partial charge in [-0.05, 0) is 11.6 Å². The highest BCUT2D eigenvalue weighted by Gasteiger charge is 2.21. The third-order valence-electron chi connectivity index (χ3n) is 4.15. The summed E-state index contributed by atoms with van der Waals surface area (Å²) in [5.41, 5.74) is 2.51. The van der Waals surface area contributed by atoms with E-state index >= 15 is 0 Å². The van der Waals surface area contributed by atoms with Crippen molar-refractivity contribution in [3.05, 3.63) is 51.2 Å². The van der Waals surface area contributed by atoms with Gasteiger partial charge in [0.25, 0.3) is 5.56 Å². The largest absolute Gasteiger partial charge is 0.378 e. The Morgan fingerprint density at radius 2 is 2.12 bits per heavy atom. The van der Waals surface area contributed by atoms with Gasteiger partial charge < -0.3 is 9.64 Å². The molecule has 128 valence electrons. The van der Waals surface area contributed by atoms with Crippen molar-refractivity contribution in [2.24, 2.45) is 0 Å². The van der Waals surface area contributed by atoms with E-state index in [0.29, 0.717) is 12.3 Å². The summed E-state index contributed by atoms with van der Waals surface area (Å²) in [5, 5.41) is 6.39. The normalized spacial score (nSPS) is 15.7. The summed E-state index contributed by atoms with van der Waals surface area (Å²) in [6.07, 6.45) is 3.40. The fourth-order valence-electron chi connectivity index (χ4n) is 2.86. The Labute approximate surface area is 145 Å². The van der Waals surface area contributed by atoms with Gasteiger partial charge in [-0.3, -0.25) is 14.7 Å². The van der Waals surface area contributed by atoms with Crippen LogP contribution in [-0.2, 0) is 17.9 Å². The SMILES string of the molecule is COCc1ncccc1CN1CCN(c2cn[nH]c(=O)c2Cl)CC1. The molecule has 0 amide bonds. The number of pyridine rings is 1. The van der Waals surface area contributed by atoms with Crippen LogP contribution in [0.4, 0.5) is 5.69 Å². The first kappa shape index (κ1) is 16.9. The molecule has 2 aromatic rings. The Morgan fingerprint density at radius 1 is 1.33 bits per heavy atom. The quantitative estimate of drug-likeness (QED) is 0.876. The maximum absolute atomic E-state index is 11.6. The fourth-order valence-corrected chi connectivity index (χ4v) is 3.07. The lowest BCUT2D eigenvalue weighted by Gasteiger charge is -2.36. The zero-order valence-electron chi connectivity index (χ0n) is 13.5. The Kier molecular flexibility index (Phi) is 5.44. The Hall–Kier alpha value is -1.96. The van der Waals surface area contributed by atoms with Crippen LogP contribution in [0.5, 0.6) is 0 Å². The highest BCUT2D eigenvalue weighted by molar-refractivity contribution is 6.32. The molecule has 24 heavy (non-hydrogen) atoms. The summed E-state index contributed by atoms with van der Waals surface area (Å²) in [6.45, 7) is 4.70. The van der Waals surface area contributed by atoms with Gasteiger partial charge in [0, 0.05) is 46.0 Å². The summed E-state index contributed by atoms with van der Waals surface area (Å²) in [7, 11) is 1.68. The van der Waals surface area contributed by atoms with E-state index in [9.17, 15) is 4.79 Å². The van der Waals surface area contributed by atoms with Crippen LogP contribution < -0.4 is 10.5 Å². The van der Waals surface area contributed by atoms with Crippen molar-refractivity contribution in [1.82, 2.24) is 20.1 Å². The van der Waals surface area contributed by atoms with Gasteiger partial charge in [0.05, 0.1) is 24.2 Å². The second-order valence-corrected chi connectivity index (χ2v) is 6.08. The minimum Gasteiger partial charge on any atom is -0.378 e. The molecule has 1 aliphatic heterocycles. The maximum atomic E-state index is 11.6. The van der Waals surface area contributed by atoms with E-state index in [1.54, 1.807) is 19.5 Å². The molecule has 0 radical (unpaired) electrons. The van der Waals surface area contributed by atoms with Gasteiger partial charge in [-0.1, -0.05) is 17.7 Å². The van der Waals surface area contributed by atoms with Crippen molar-refractivity contribution in [3.8, 4) is 0 Å². The average molecular weight is 350 g/mol. The summed E-state index contributed by atoms with van der Waals surface area (Å²) < 4.78 is 5.21. The van der Waals surface area contributed by atoms with Gasteiger partial charge in [0.2, 0.25) is 0 Å². The number of piperazine rings is 1. The van der Waals surface area contributed by atoms with Crippen molar-refractivity contribution in [2.75, 3.05) is 38.2 Å². The zero-order valence-corrected chi connectivity index (χ0v) is 14.3. The second kappa shape index (κ2) is 7.74. The number of halogens is 1. The van der Waals surface area contributed by atoms with E-state index in [1.807, 2.05) is 6.07 Å².